The van der Waals surface area contributed by atoms with Gasteiger partial charge in [-0.15, -0.1) is 0 Å². The molecule has 1 rings (SSSR count). The van der Waals surface area contributed by atoms with Crippen molar-refractivity contribution in [3.05, 3.63) is 35.1 Å². The van der Waals surface area contributed by atoms with Gasteiger partial charge in [0.25, 0.3) is 6.48 Å². The molecule has 0 aliphatic rings. The molecule has 0 heterocycles. The Bertz CT molecular complexity index is 402. The SMILES string of the molecule is OC(O)O[SiH2]CCCCCc1cc(F)c(F)cc1F. The molecule has 1 aromatic rings. The van der Waals surface area contributed by atoms with Crippen molar-refractivity contribution in [1.82, 2.24) is 0 Å². The van der Waals surface area contributed by atoms with E-state index in [0.29, 0.717) is 18.9 Å². The zero-order valence-corrected chi connectivity index (χ0v) is 11.8. The third kappa shape index (κ3) is 6.19. The molecule has 108 valence electrons. The van der Waals surface area contributed by atoms with E-state index >= 15 is 0 Å². The van der Waals surface area contributed by atoms with E-state index in [-0.39, 0.29) is 5.56 Å². The van der Waals surface area contributed by atoms with Crippen LogP contribution in [-0.2, 0) is 10.8 Å². The van der Waals surface area contributed by atoms with Gasteiger partial charge in [-0.05, 0) is 30.5 Å². The third-order valence-electron chi connectivity index (χ3n) is 2.70. The number of unbranched alkanes of at least 4 members (excludes halogenated alkanes) is 2. The number of hydrogen-bond donors (Lipinski definition) is 2. The molecule has 19 heavy (non-hydrogen) atoms. The fourth-order valence-corrected chi connectivity index (χ4v) is 2.65. The highest BCUT2D eigenvalue weighted by molar-refractivity contribution is 6.26. The molecule has 0 radical (unpaired) electrons. The average molecular weight is 294 g/mol. The molecule has 0 spiro atoms. The van der Waals surface area contributed by atoms with Gasteiger partial charge in [0.1, 0.15) is 5.82 Å². The molecule has 0 amide bonds. The predicted molar refractivity (Wildman–Crippen MR) is 66.5 cm³/mol. The molecule has 2 N–H and O–H groups in total. The number of halogens is 3. The molecule has 0 fully saturated rings. The monoisotopic (exact) mass is 294 g/mol. The zero-order chi connectivity index (χ0) is 14.3. The van der Waals surface area contributed by atoms with Crippen LogP contribution in [-0.4, -0.2) is 26.5 Å². The highest BCUT2D eigenvalue weighted by Gasteiger charge is 2.09. The summed E-state index contributed by atoms with van der Waals surface area (Å²) in [6, 6.07) is 2.25. The third-order valence-corrected chi connectivity index (χ3v) is 4.02. The minimum atomic E-state index is -1.69. The summed E-state index contributed by atoms with van der Waals surface area (Å²) in [6.07, 6.45) is 2.66. The predicted octanol–water partition coefficient (Wildman–Crippen LogP) is 1.60. The smallest absolute Gasteiger partial charge is 0.256 e. The van der Waals surface area contributed by atoms with Gasteiger partial charge >= 0.3 is 0 Å². The lowest BCUT2D eigenvalue weighted by molar-refractivity contribution is -0.180. The topological polar surface area (TPSA) is 49.7 Å². The van der Waals surface area contributed by atoms with Crippen molar-refractivity contribution in [3.8, 4) is 0 Å². The molecule has 0 saturated carbocycles. The van der Waals surface area contributed by atoms with Gasteiger partial charge in [0.15, 0.2) is 21.4 Å². The van der Waals surface area contributed by atoms with Crippen LogP contribution in [0.1, 0.15) is 24.8 Å². The first-order chi connectivity index (χ1) is 9.00. The molecule has 0 aliphatic heterocycles. The van der Waals surface area contributed by atoms with Crippen molar-refractivity contribution in [2.45, 2.75) is 38.2 Å². The Kier molecular flexibility index (Phi) is 7.07. The Balaban J connectivity index is 2.21. The van der Waals surface area contributed by atoms with E-state index in [9.17, 15) is 13.2 Å². The van der Waals surface area contributed by atoms with E-state index in [1.54, 1.807) is 0 Å². The summed E-state index contributed by atoms with van der Waals surface area (Å²) in [7, 11) is -0.930. The molecular weight excluding hydrogens is 277 g/mol. The molecule has 0 saturated heterocycles. The molecule has 0 aliphatic carbocycles. The van der Waals surface area contributed by atoms with Gasteiger partial charge in [0.2, 0.25) is 0 Å². The number of aryl methyl sites for hydroxylation is 1. The number of benzene rings is 1. The van der Waals surface area contributed by atoms with E-state index in [2.05, 4.69) is 4.43 Å². The van der Waals surface area contributed by atoms with Crippen LogP contribution in [0.2, 0.25) is 6.04 Å². The average Bonchev–Trinajstić information content (AvgIpc) is 2.33. The van der Waals surface area contributed by atoms with Crippen LogP contribution < -0.4 is 0 Å². The van der Waals surface area contributed by atoms with Crippen molar-refractivity contribution < 1.29 is 27.8 Å². The van der Waals surface area contributed by atoms with Crippen molar-refractivity contribution in [3.63, 3.8) is 0 Å². The van der Waals surface area contributed by atoms with Gasteiger partial charge < -0.3 is 14.6 Å². The van der Waals surface area contributed by atoms with Gasteiger partial charge in [-0.3, -0.25) is 0 Å². The fourth-order valence-electron chi connectivity index (χ4n) is 1.72. The first-order valence-electron chi connectivity index (χ1n) is 6.12. The van der Waals surface area contributed by atoms with Crippen LogP contribution in [0.3, 0.4) is 0 Å². The number of aliphatic hydroxyl groups excluding tert-OH is 1. The summed E-state index contributed by atoms with van der Waals surface area (Å²) in [5.41, 5.74) is 0.179. The van der Waals surface area contributed by atoms with Crippen molar-refractivity contribution in [2.75, 3.05) is 0 Å². The van der Waals surface area contributed by atoms with E-state index < -0.39 is 33.7 Å². The standard InChI is InChI=1S/C12H17F3O3Si/c13-9-7-11(15)10(14)6-8(9)4-2-1-3-5-19-18-12(16)17/h6-7,12,16-17H,1-5,19H2. The van der Waals surface area contributed by atoms with Crippen molar-refractivity contribution in [2.24, 2.45) is 0 Å². The normalized spacial score (nSPS) is 11.9. The first-order valence-corrected chi connectivity index (χ1v) is 7.69. The van der Waals surface area contributed by atoms with Crippen LogP contribution in [0, 0.1) is 17.5 Å². The summed E-state index contributed by atoms with van der Waals surface area (Å²) in [5.74, 6) is -2.93. The molecular formula is C12H17F3O3Si. The number of aliphatic hydroxyl groups is 2. The highest BCUT2D eigenvalue weighted by atomic mass is 28.2. The van der Waals surface area contributed by atoms with Crippen LogP contribution >= 0.6 is 0 Å². The van der Waals surface area contributed by atoms with Gasteiger partial charge in [-0.1, -0.05) is 12.8 Å². The lowest BCUT2D eigenvalue weighted by Gasteiger charge is -2.06. The van der Waals surface area contributed by atoms with Crippen LogP contribution in [0.4, 0.5) is 13.2 Å². The Morgan fingerprint density at radius 3 is 2.37 bits per heavy atom. The lowest BCUT2D eigenvalue weighted by atomic mass is 10.1. The van der Waals surface area contributed by atoms with Crippen molar-refractivity contribution in [1.29, 1.82) is 0 Å². The van der Waals surface area contributed by atoms with E-state index in [1.165, 1.54) is 0 Å². The van der Waals surface area contributed by atoms with Crippen LogP contribution in [0.5, 0.6) is 0 Å². The largest absolute Gasteiger partial charge is 0.379 e. The summed E-state index contributed by atoms with van der Waals surface area (Å²) in [5, 5.41) is 16.9. The minimum absolute atomic E-state index is 0.179. The molecule has 3 nitrogen and oxygen atoms in total. The number of hydrogen-bond acceptors (Lipinski definition) is 3. The van der Waals surface area contributed by atoms with Gasteiger partial charge in [-0.25, -0.2) is 13.2 Å². The molecule has 0 unspecified atom stereocenters. The summed E-state index contributed by atoms with van der Waals surface area (Å²) >= 11 is 0. The quantitative estimate of drug-likeness (QED) is 0.331. The Labute approximate surface area is 112 Å². The van der Waals surface area contributed by atoms with Crippen LogP contribution in [0.15, 0.2) is 12.1 Å². The molecule has 0 bridgehead atoms. The van der Waals surface area contributed by atoms with E-state index in [0.717, 1.165) is 25.0 Å². The van der Waals surface area contributed by atoms with Gasteiger partial charge in [0, 0.05) is 6.07 Å². The first kappa shape index (κ1) is 16.2. The lowest BCUT2D eigenvalue weighted by Crippen LogP contribution is -2.12. The molecule has 0 aromatic heterocycles. The van der Waals surface area contributed by atoms with E-state index in [1.807, 2.05) is 0 Å². The van der Waals surface area contributed by atoms with Crippen molar-refractivity contribution >= 4 is 9.76 Å². The van der Waals surface area contributed by atoms with Gasteiger partial charge in [0.05, 0.1) is 0 Å². The van der Waals surface area contributed by atoms with Crippen LogP contribution in [0.25, 0.3) is 0 Å². The molecule has 1 aromatic carbocycles. The number of rotatable bonds is 8. The van der Waals surface area contributed by atoms with E-state index in [4.69, 9.17) is 10.2 Å². The Morgan fingerprint density at radius 1 is 1.00 bits per heavy atom. The second-order valence-corrected chi connectivity index (χ2v) is 5.67. The maximum absolute atomic E-state index is 13.3. The van der Waals surface area contributed by atoms with Gasteiger partial charge in [-0.2, -0.15) is 0 Å². The fraction of sp³-hybridized carbons (Fsp3) is 0.500. The molecule has 7 heteroatoms. The maximum Gasteiger partial charge on any atom is 0.256 e. The highest BCUT2D eigenvalue weighted by Crippen LogP contribution is 2.16. The maximum atomic E-state index is 13.3. The summed E-state index contributed by atoms with van der Waals surface area (Å²) < 4.78 is 43.5. The molecule has 0 atom stereocenters. The summed E-state index contributed by atoms with van der Waals surface area (Å²) in [4.78, 5) is 0. The Morgan fingerprint density at radius 2 is 1.68 bits per heavy atom. The second-order valence-electron chi connectivity index (χ2n) is 4.22. The minimum Gasteiger partial charge on any atom is -0.379 e. The Hall–Kier alpha value is -0.893. The second kappa shape index (κ2) is 8.31. The zero-order valence-electron chi connectivity index (χ0n) is 10.4. The summed E-state index contributed by atoms with van der Waals surface area (Å²) in [6.45, 7) is -1.69.